The second kappa shape index (κ2) is 5.61. The SMILES string of the molecule is CCC(C)(C)NC(=O)C(C)NCC1(SC)CC1. The van der Waals surface area contributed by atoms with Crippen LogP contribution in [0.5, 0.6) is 0 Å². The van der Waals surface area contributed by atoms with E-state index in [1.807, 2.05) is 18.7 Å². The molecule has 0 heterocycles. The van der Waals surface area contributed by atoms with Gasteiger partial charge in [-0.15, -0.1) is 0 Å². The van der Waals surface area contributed by atoms with E-state index in [9.17, 15) is 4.79 Å². The molecule has 0 aromatic carbocycles. The van der Waals surface area contributed by atoms with Gasteiger partial charge in [0.15, 0.2) is 0 Å². The molecule has 0 aromatic heterocycles. The summed E-state index contributed by atoms with van der Waals surface area (Å²) in [7, 11) is 0. The van der Waals surface area contributed by atoms with Crippen LogP contribution in [0.25, 0.3) is 0 Å². The Morgan fingerprint density at radius 1 is 1.47 bits per heavy atom. The van der Waals surface area contributed by atoms with E-state index in [1.54, 1.807) is 0 Å². The lowest BCUT2D eigenvalue weighted by Crippen LogP contribution is -2.51. The maximum atomic E-state index is 12.0. The highest BCUT2D eigenvalue weighted by molar-refractivity contribution is 8.00. The summed E-state index contributed by atoms with van der Waals surface area (Å²) >= 11 is 1.92. The molecule has 17 heavy (non-hydrogen) atoms. The van der Waals surface area contributed by atoms with E-state index >= 15 is 0 Å². The fraction of sp³-hybridized carbons (Fsp3) is 0.923. The summed E-state index contributed by atoms with van der Waals surface area (Å²) < 4.78 is 0.412. The van der Waals surface area contributed by atoms with Gasteiger partial charge in [-0.05, 0) is 46.3 Å². The maximum Gasteiger partial charge on any atom is 0.237 e. The van der Waals surface area contributed by atoms with Gasteiger partial charge in [-0.1, -0.05) is 6.92 Å². The summed E-state index contributed by atoms with van der Waals surface area (Å²) in [5, 5.41) is 6.42. The van der Waals surface area contributed by atoms with E-state index < -0.39 is 0 Å². The predicted octanol–water partition coefficient (Wildman–Crippen LogP) is 2.16. The lowest BCUT2D eigenvalue weighted by atomic mass is 10.0. The molecule has 1 saturated carbocycles. The van der Waals surface area contributed by atoms with Gasteiger partial charge in [-0.25, -0.2) is 0 Å². The zero-order valence-corrected chi connectivity index (χ0v) is 12.5. The quantitative estimate of drug-likeness (QED) is 0.735. The van der Waals surface area contributed by atoms with Crippen molar-refractivity contribution in [2.24, 2.45) is 0 Å². The summed E-state index contributed by atoms with van der Waals surface area (Å²) in [6.07, 6.45) is 5.64. The highest BCUT2D eigenvalue weighted by Crippen LogP contribution is 2.46. The number of thioether (sulfide) groups is 1. The molecular weight excluding hydrogens is 232 g/mol. The molecule has 0 aliphatic heterocycles. The zero-order valence-electron chi connectivity index (χ0n) is 11.7. The molecule has 1 fully saturated rings. The first-order valence-corrected chi connectivity index (χ1v) is 7.67. The molecule has 100 valence electrons. The summed E-state index contributed by atoms with van der Waals surface area (Å²) in [6.45, 7) is 9.09. The first-order chi connectivity index (χ1) is 7.84. The number of carbonyl (C=O) groups is 1. The molecule has 3 nitrogen and oxygen atoms in total. The van der Waals surface area contributed by atoms with Crippen molar-refractivity contribution in [2.45, 2.75) is 63.3 Å². The third-order valence-corrected chi connectivity index (χ3v) is 5.13. The lowest BCUT2D eigenvalue weighted by molar-refractivity contribution is -0.124. The van der Waals surface area contributed by atoms with Gasteiger partial charge >= 0.3 is 0 Å². The Kier molecular flexibility index (Phi) is 4.90. The molecule has 0 saturated heterocycles. The van der Waals surface area contributed by atoms with Crippen LogP contribution >= 0.6 is 11.8 Å². The molecule has 1 aliphatic carbocycles. The van der Waals surface area contributed by atoms with Crippen LogP contribution in [0.4, 0.5) is 0 Å². The Morgan fingerprint density at radius 3 is 2.47 bits per heavy atom. The minimum Gasteiger partial charge on any atom is -0.350 e. The van der Waals surface area contributed by atoms with Crippen molar-refractivity contribution in [1.29, 1.82) is 0 Å². The van der Waals surface area contributed by atoms with E-state index in [1.165, 1.54) is 12.8 Å². The number of carbonyl (C=O) groups excluding carboxylic acids is 1. The van der Waals surface area contributed by atoms with Crippen molar-refractivity contribution in [2.75, 3.05) is 12.8 Å². The Labute approximate surface area is 109 Å². The zero-order chi connectivity index (χ0) is 13.1. The van der Waals surface area contributed by atoms with Crippen molar-refractivity contribution in [3.63, 3.8) is 0 Å². The van der Waals surface area contributed by atoms with Crippen LogP contribution in [0.15, 0.2) is 0 Å². The molecule has 0 spiro atoms. The Hall–Kier alpha value is -0.220. The minimum atomic E-state index is -0.107. The standard InChI is InChI=1S/C13H26N2OS/c1-6-12(3,4)15-11(16)10(2)14-9-13(17-5)7-8-13/h10,14H,6-9H2,1-5H3,(H,15,16). The van der Waals surface area contributed by atoms with E-state index in [4.69, 9.17) is 0 Å². The summed E-state index contributed by atoms with van der Waals surface area (Å²) in [5.74, 6) is 0.105. The van der Waals surface area contributed by atoms with Crippen LogP contribution in [0, 0.1) is 0 Å². The van der Waals surface area contributed by atoms with Crippen LogP contribution < -0.4 is 10.6 Å². The molecule has 1 aliphatic rings. The topological polar surface area (TPSA) is 41.1 Å². The fourth-order valence-corrected chi connectivity index (χ4v) is 2.29. The molecule has 1 atom stereocenters. The van der Waals surface area contributed by atoms with Gasteiger partial charge in [0.1, 0.15) is 0 Å². The third kappa shape index (κ3) is 4.51. The van der Waals surface area contributed by atoms with Gasteiger partial charge in [0.2, 0.25) is 5.91 Å². The van der Waals surface area contributed by atoms with Crippen molar-refractivity contribution in [1.82, 2.24) is 10.6 Å². The van der Waals surface area contributed by atoms with Gasteiger partial charge in [0.05, 0.1) is 6.04 Å². The van der Waals surface area contributed by atoms with Gasteiger partial charge < -0.3 is 10.6 Å². The first-order valence-electron chi connectivity index (χ1n) is 6.45. The van der Waals surface area contributed by atoms with Crippen LogP contribution in [-0.2, 0) is 4.79 Å². The summed E-state index contributed by atoms with van der Waals surface area (Å²) in [6, 6.07) is -0.106. The molecular formula is C13H26N2OS. The molecule has 0 bridgehead atoms. The largest absolute Gasteiger partial charge is 0.350 e. The Balaban J connectivity index is 2.32. The van der Waals surface area contributed by atoms with Crippen LogP contribution in [0.1, 0.15) is 47.0 Å². The predicted molar refractivity (Wildman–Crippen MR) is 75.5 cm³/mol. The van der Waals surface area contributed by atoms with Crippen LogP contribution in [-0.4, -0.2) is 35.0 Å². The monoisotopic (exact) mass is 258 g/mol. The van der Waals surface area contributed by atoms with Crippen molar-refractivity contribution in [3.05, 3.63) is 0 Å². The van der Waals surface area contributed by atoms with E-state index in [0.717, 1.165) is 13.0 Å². The van der Waals surface area contributed by atoms with Crippen molar-refractivity contribution < 1.29 is 4.79 Å². The highest BCUT2D eigenvalue weighted by Gasteiger charge is 2.41. The Bertz CT molecular complexity index is 275. The number of hydrogen-bond acceptors (Lipinski definition) is 3. The summed E-state index contributed by atoms with van der Waals surface area (Å²) in [4.78, 5) is 12.0. The Morgan fingerprint density at radius 2 is 2.06 bits per heavy atom. The third-order valence-electron chi connectivity index (χ3n) is 3.71. The fourth-order valence-electron chi connectivity index (χ4n) is 1.55. The second-order valence-electron chi connectivity index (χ2n) is 5.72. The van der Waals surface area contributed by atoms with Gasteiger partial charge in [-0.3, -0.25) is 4.79 Å². The molecule has 1 amide bonds. The van der Waals surface area contributed by atoms with Crippen LogP contribution in [0.2, 0.25) is 0 Å². The number of amides is 1. The lowest BCUT2D eigenvalue weighted by Gasteiger charge is -2.27. The van der Waals surface area contributed by atoms with E-state index in [-0.39, 0.29) is 17.5 Å². The summed E-state index contributed by atoms with van der Waals surface area (Å²) in [5.41, 5.74) is -0.107. The average molecular weight is 258 g/mol. The molecule has 0 radical (unpaired) electrons. The molecule has 0 aromatic rings. The van der Waals surface area contributed by atoms with Crippen molar-refractivity contribution in [3.8, 4) is 0 Å². The normalized spacial score (nSPS) is 19.8. The average Bonchev–Trinajstić information content (AvgIpc) is 3.06. The first kappa shape index (κ1) is 14.8. The maximum absolute atomic E-state index is 12.0. The van der Waals surface area contributed by atoms with E-state index in [2.05, 4.69) is 37.7 Å². The molecule has 1 rings (SSSR count). The van der Waals surface area contributed by atoms with Gasteiger partial charge in [0, 0.05) is 16.8 Å². The number of hydrogen-bond donors (Lipinski definition) is 2. The molecule has 2 N–H and O–H groups in total. The molecule has 4 heteroatoms. The van der Waals surface area contributed by atoms with Crippen molar-refractivity contribution >= 4 is 17.7 Å². The van der Waals surface area contributed by atoms with E-state index in [0.29, 0.717) is 4.75 Å². The number of nitrogens with one attached hydrogen (secondary N) is 2. The molecule has 1 unspecified atom stereocenters. The minimum absolute atomic E-state index is 0.105. The second-order valence-corrected chi connectivity index (χ2v) is 6.99. The van der Waals surface area contributed by atoms with Gasteiger partial charge in [-0.2, -0.15) is 11.8 Å². The smallest absolute Gasteiger partial charge is 0.237 e. The van der Waals surface area contributed by atoms with Gasteiger partial charge in [0.25, 0.3) is 0 Å². The van der Waals surface area contributed by atoms with Crippen LogP contribution in [0.3, 0.4) is 0 Å². The number of rotatable bonds is 7. The highest BCUT2D eigenvalue weighted by atomic mass is 32.2.